The molecule has 1 N–H and O–H groups in total. The third-order valence-electron chi connectivity index (χ3n) is 3.50. The maximum atomic E-state index is 13.7. The maximum absolute atomic E-state index is 13.7. The molecule has 0 atom stereocenters. The number of halogens is 2. The first kappa shape index (κ1) is 17.1. The monoisotopic (exact) mass is 283 g/mol. The Morgan fingerprint density at radius 2 is 1.60 bits per heavy atom. The highest BCUT2D eigenvalue weighted by Gasteiger charge is 2.21. The molecule has 1 aromatic rings. The van der Waals surface area contributed by atoms with Crippen LogP contribution >= 0.6 is 0 Å². The van der Waals surface area contributed by atoms with Crippen molar-refractivity contribution in [1.29, 1.82) is 0 Å². The van der Waals surface area contributed by atoms with Crippen molar-refractivity contribution in [3.8, 4) is 0 Å². The van der Waals surface area contributed by atoms with E-state index in [1.165, 1.54) is 0 Å². The van der Waals surface area contributed by atoms with Gasteiger partial charge in [-0.15, -0.1) is 0 Å². The summed E-state index contributed by atoms with van der Waals surface area (Å²) in [7, 11) is 0. The number of hydrogen-bond acceptors (Lipinski definition) is 1. The van der Waals surface area contributed by atoms with Gasteiger partial charge in [0.2, 0.25) is 0 Å². The van der Waals surface area contributed by atoms with Crippen LogP contribution < -0.4 is 5.32 Å². The van der Waals surface area contributed by atoms with Crippen LogP contribution in [0.25, 0.3) is 0 Å². The van der Waals surface area contributed by atoms with E-state index < -0.39 is 11.6 Å². The summed E-state index contributed by atoms with van der Waals surface area (Å²) in [6.07, 6.45) is 1.49. The summed E-state index contributed by atoms with van der Waals surface area (Å²) in [4.78, 5) is 0. The maximum Gasteiger partial charge on any atom is 0.129 e. The Hall–Kier alpha value is -0.960. The average molecular weight is 283 g/mol. The van der Waals surface area contributed by atoms with Crippen LogP contribution in [0.5, 0.6) is 0 Å². The molecule has 0 saturated carbocycles. The van der Waals surface area contributed by atoms with Crippen LogP contribution in [0.15, 0.2) is 12.1 Å². The fourth-order valence-corrected chi connectivity index (χ4v) is 1.97. The van der Waals surface area contributed by atoms with Crippen molar-refractivity contribution in [2.45, 2.75) is 59.9 Å². The summed E-state index contributed by atoms with van der Waals surface area (Å²) < 4.78 is 27.0. The molecule has 114 valence electrons. The zero-order valence-electron chi connectivity index (χ0n) is 13.5. The Morgan fingerprint density at radius 3 is 2.15 bits per heavy atom. The van der Waals surface area contributed by atoms with Gasteiger partial charge in [0, 0.05) is 18.2 Å². The molecule has 1 aromatic carbocycles. The Morgan fingerprint density at radius 1 is 1.00 bits per heavy atom. The van der Waals surface area contributed by atoms with E-state index in [2.05, 4.69) is 39.9 Å². The van der Waals surface area contributed by atoms with E-state index in [1.807, 2.05) is 0 Å². The molecule has 0 amide bonds. The zero-order chi connectivity index (χ0) is 15.6. The lowest BCUT2D eigenvalue weighted by molar-refractivity contribution is 0.272. The van der Waals surface area contributed by atoms with Crippen molar-refractivity contribution in [3.05, 3.63) is 34.9 Å². The molecule has 0 aliphatic carbocycles. The molecular formula is C17H27F2N. The molecule has 0 heterocycles. The minimum Gasteiger partial charge on any atom is -0.312 e. The van der Waals surface area contributed by atoms with Gasteiger partial charge in [0.25, 0.3) is 0 Å². The van der Waals surface area contributed by atoms with E-state index in [0.29, 0.717) is 17.5 Å². The van der Waals surface area contributed by atoms with Crippen LogP contribution in [-0.4, -0.2) is 12.1 Å². The third kappa shape index (κ3) is 5.58. The molecule has 0 aromatic heterocycles. The van der Waals surface area contributed by atoms with Crippen LogP contribution in [0.3, 0.4) is 0 Å². The summed E-state index contributed by atoms with van der Waals surface area (Å²) in [5, 5.41) is 3.48. The van der Waals surface area contributed by atoms with Crippen LogP contribution in [0, 0.1) is 24.0 Å². The number of rotatable bonds is 5. The summed E-state index contributed by atoms with van der Waals surface area (Å²) in [5.74, 6) is -0.910. The lowest BCUT2D eigenvalue weighted by Crippen LogP contribution is -2.42. The Bertz CT molecular complexity index is 459. The van der Waals surface area contributed by atoms with Gasteiger partial charge >= 0.3 is 0 Å². The van der Waals surface area contributed by atoms with E-state index in [9.17, 15) is 8.78 Å². The first-order valence-corrected chi connectivity index (χ1v) is 7.20. The summed E-state index contributed by atoms with van der Waals surface area (Å²) in [6.45, 7) is 13.3. The molecule has 1 nitrogen and oxygen atoms in total. The fraction of sp³-hybridized carbons (Fsp3) is 0.647. The van der Waals surface area contributed by atoms with Crippen molar-refractivity contribution in [2.24, 2.45) is 5.41 Å². The Kier molecular flexibility index (Phi) is 5.31. The van der Waals surface area contributed by atoms with E-state index in [-0.39, 0.29) is 11.0 Å². The molecule has 0 aliphatic heterocycles. The lowest BCUT2D eigenvalue weighted by atomic mass is 9.85. The SMILES string of the molecule is Cc1cc(CCC(C)(C)CNC(C)(C)C)c(F)cc1F. The molecule has 20 heavy (non-hydrogen) atoms. The average Bonchev–Trinajstić information content (AvgIpc) is 2.29. The predicted octanol–water partition coefficient (Wildman–Crippen LogP) is 4.62. The van der Waals surface area contributed by atoms with Crippen LogP contribution in [0.1, 0.15) is 52.2 Å². The molecule has 0 aliphatic rings. The fourth-order valence-electron chi connectivity index (χ4n) is 1.97. The third-order valence-corrected chi connectivity index (χ3v) is 3.50. The van der Waals surface area contributed by atoms with Gasteiger partial charge in [-0.25, -0.2) is 8.78 Å². The van der Waals surface area contributed by atoms with Gasteiger partial charge in [0.15, 0.2) is 0 Å². The predicted molar refractivity (Wildman–Crippen MR) is 81.0 cm³/mol. The van der Waals surface area contributed by atoms with E-state index >= 15 is 0 Å². The van der Waals surface area contributed by atoms with Crippen molar-refractivity contribution in [3.63, 3.8) is 0 Å². The number of benzene rings is 1. The molecule has 0 unspecified atom stereocenters. The smallest absolute Gasteiger partial charge is 0.129 e. The zero-order valence-corrected chi connectivity index (χ0v) is 13.5. The second-order valence-electron chi connectivity index (χ2n) is 7.46. The molecule has 0 fully saturated rings. The Balaban J connectivity index is 2.64. The lowest BCUT2D eigenvalue weighted by Gasteiger charge is -2.30. The first-order chi connectivity index (χ1) is 9.00. The van der Waals surface area contributed by atoms with Crippen molar-refractivity contribution in [1.82, 2.24) is 5.32 Å². The molecule has 0 radical (unpaired) electrons. The molecule has 3 heteroatoms. The van der Waals surface area contributed by atoms with Gasteiger partial charge < -0.3 is 5.32 Å². The van der Waals surface area contributed by atoms with Gasteiger partial charge in [0.05, 0.1) is 0 Å². The van der Waals surface area contributed by atoms with Crippen molar-refractivity contribution >= 4 is 0 Å². The van der Waals surface area contributed by atoms with Crippen molar-refractivity contribution < 1.29 is 8.78 Å². The summed E-state index contributed by atoms with van der Waals surface area (Å²) in [5.41, 5.74) is 1.26. The van der Waals surface area contributed by atoms with Gasteiger partial charge in [-0.3, -0.25) is 0 Å². The molecule has 0 bridgehead atoms. The summed E-state index contributed by atoms with van der Waals surface area (Å²) >= 11 is 0. The molecule has 1 rings (SSSR count). The highest BCUT2D eigenvalue weighted by molar-refractivity contribution is 5.25. The van der Waals surface area contributed by atoms with Gasteiger partial charge in [-0.1, -0.05) is 19.9 Å². The van der Waals surface area contributed by atoms with Crippen LogP contribution in [0.4, 0.5) is 8.78 Å². The number of hydrogen-bond donors (Lipinski definition) is 1. The largest absolute Gasteiger partial charge is 0.312 e. The molecular weight excluding hydrogens is 256 g/mol. The van der Waals surface area contributed by atoms with Gasteiger partial charge in [-0.05, 0) is 57.1 Å². The van der Waals surface area contributed by atoms with Crippen molar-refractivity contribution in [2.75, 3.05) is 6.54 Å². The normalized spacial score (nSPS) is 12.8. The first-order valence-electron chi connectivity index (χ1n) is 7.20. The van der Waals surface area contributed by atoms with Gasteiger partial charge in [-0.2, -0.15) is 0 Å². The minimum absolute atomic E-state index is 0.0714. The molecule has 0 saturated heterocycles. The standard InChI is InChI=1S/C17H27F2N/c1-12-9-13(15(19)10-14(12)18)7-8-17(5,6)11-20-16(2,3)4/h9-10,20H,7-8,11H2,1-6H3. The van der Waals surface area contributed by atoms with Crippen LogP contribution in [0.2, 0.25) is 0 Å². The van der Waals surface area contributed by atoms with E-state index in [0.717, 1.165) is 19.0 Å². The second kappa shape index (κ2) is 6.21. The number of nitrogens with one attached hydrogen (secondary N) is 1. The number of aryl methyl sites for hydroxylation is 2. The van der Waals surface area contributed by atoms with Gasteiger partial charge in [0.1, 0.15) is 11.6 Å². The highest BCUT2D eigenvalue weighted by atomic mass is 19.1. The minimum atomic E-state index is -0.472. The summed E-state index contributed by atoms with van der Waals surface area (Å²) in [6, 6.07) is 2.61. The van der Waals surface area contributed by atoms with E-state index in [4.69, 9.17) is 0 Å². The Labute approximate surface area is 121 Å². The second-order valence-corrected chi connectivity index (χ2v) is 7.46. The van der Waals surface area contributed by atoms with E-state index in [1.54, 1.807) is 13.0 Å². The van der Waals surface area contributed by atoms with Crippen LogP contribution in [-0.2, 0) is 6.42 Å². The topological polar surface area (TPSA) is 12.0 Å². The highest BCUT2D eigenvalue weighted by Crippen LogP contribution is 2.25. The molecule has 0 spiro atoms. The quantitative estimate of drug-likeness (QED) is 0.831.